The molecule has 1 aromatic carbocycles. The maximum absolute atomic E-state index is 11.3. The molecule has 0 aliphatic heterocycles. The molecule has 0 radical (unpaired) electrons. The Morgan fingerprint density at radius 2 is 1.94 bits per heavy atom. The molecule has 0 aromatic heterocycles. The van der Waals surface area contributed by atoms with Gasteiger partial charge in [0.25, 0.3) is 0 Å². The normalized spacial score (nSPS) is 11.2. The third kappa shape index (κ3) is 4.75. The summed E-state index contributed by atoms with van der Waals surface area (Å²) in [5.41, 5.74) is 1.58. The summed E-state index contributed by atoms with van der Waals surface area (Å²) in [7, 11) is 1.47. The van der Waals surface area contributed by atoms with Gasteiger partial charge in [0, 0.05) is 11.4 Å². The minimum atomic E-state index is -0.240. The lowest BCUT2D eigenvalue weighted by Crippen LogP contribution is -2.09. The fourth-order valence-corrected chi connectivity index (χ4v) is 1.57. The Labute approximate surface area is 112 Å². The molecule has 1 rings (SSSR count). The molecule has 18 heavy (non-hydrogen) atoms. The van der Waals surface area contributed by atoms with E-state index < -0.39 is 0 Å². The number of hydrogen-bond acceptors (Lipinski definition) is 4. The Kier molecular flexibility index (Phi) is 6.22. The summed E-state index contributed by atoms with van der Waals surface area (Å²) in [5, 5.41) is 4.58. The van der Waals surface area contributed by atoms with Gasteiger partial charge in [0.05, 0.1) is 18.7 Å². The lowest BCUT2D eigenvalue weighted by Gasteiger charge is -2.06. The van der Waals surface area contributed by atoms with E-state index in [9.17, 15) is 4.79 Å². The van der Waals surface area contributed by atoms with Crippen LogP contribution in [0.3, 0.4) is 0 Å². The van der Waals surface area contributed by atoms with Gasteiger partial charge in [-0.15, -0.1) is 0 Å². The maximum atomic E-state index is 11.3. The first-order chi connectivity index (χ1) is 8.67. The fraction of sp³-hybridized carbons (Fsp3) is 0.385. The predicted molar refractivity (Wildman–Crippen MR) is 70.9 cm³/mol. The van der Waals surface area contributed by atoms with E-state index in [1.807, 2.05) is 12.1 Å². The van der Waals surface area contributed by atoms with Gasteiger partial charge < -0.3 is 9.57 Å². The Morgan fingerprint density at radius 1 is 1.28 bits per heavy atom. The average molecular weight is 270 g/mol. The maximum Gasteiger partial charge on any atom is 0.306 e. The predicted octanol–water partition coefficient (Wildman–Crippen LogP) is 3.03. The summed E-state index contributed by atoms with van der Waals surface area (Å²) in [6, 6.07) is 7.22. The average Bonchev–Trinajstić information content (AvgIpc) is 2.36. The third-order valence-electron chi connectivity index (χ3n) is 2.25. The molecule has 0 amide bonds. The van der Waals surface area contributed by atoms with Crippen LogP contribution in [0.1, 0.15) is 25.3 Å². The van der Waals surface area contributed by atoms with Crippen molar-refractivity contribution < 1.29 is 14.4 Å². The molecule has 0 aliphatic carbocycles. The number of rotatable bonds is 6. The van der Waals surface area contributed by atoms with Crippen LogP contribution in [0.4, 0.5) is 0 Å². The van der Waals surface area contributed by atoms with Crippen molar-refractivity contribution >= 4 is 23.3 Å². The molecule has 5 heteroatoms. The van der Waals surface area contributed by atoms with Crippen LogP contribution < -0.4 is 0 Å². The monoisotopic (exact) mass is 269 g/mol. The third-order valence-corrected chi connectivity index (χ3v) is 2.50. The number of hydrogen-bond donors (Lipinski definition) is 0. The first-order valence-electron chi connectivity index (χ1n) is 5.69. The minimum absolute atomic E-state index is 0.240. The van der Waals surface area contributed by atoms with Crippen LogP contribution >= 0.6 is 11.6 Å². The van der Waals surface area contributed by atoms with Crippen LogP contribution in [0, 0.1) is 0 Å². The Balaban J connectivity index is 2.69. The Hall–Kier alpha value is -1.55. The van der Waals surface area contributed by atoms with E-state index >= 15 is 0 Å². The van der Waals surface area contributed by atoms with E-state index in [0.29, 0.717) is 23.8 Å². The highest BCUT2D eigenvalue weighted by Crippen LogP contribution is 2.13. The molecule has 4 nitrogen and oxygen atoms in total. The molecule has 1 aromatic rings. The summed E-state index contributed by atoms with van der Waals surface area (Å²) >= 11 is 5.82. The summed E-state index contributed by atoms with van der Waals surface area (Å²) in [6.07, 6.45) is 0.743. The summed E-state index contributed by atoms with van der Waals surface area (Å²) in [4.78, 5) is 16.1. The molecular formula is C13H16ClNO3. The van der Waals surface area contributed by atoms with Gasteiger partial charge in [-0.1, -0.05) is 28.9 Å². The molecule has 98 valence electrons. The van der Waals surface area contributed by atoms with Crippen molar-refractivity contribution in [2.75, 3.05) is 13.7 Å². The van der Waals surface area contributed by atoms with Gasteiger partial charge in [0.15, 0.2) is 0 Å². The van der Waals surface area contributed by atoms with Crippen molar-refractivity contribution in [2.24, 2.45) is 5.16 Å². The molecule has 0 unspecified atom stereocenters. The highest BCUT2D eigenvalue weighted by molar-refractivity contribution is 6.30. The van der Waals surface area contributed by atoms with Crippen LogP contribution in [0.2, 0.25) is 5.02 Å². The molecule has 0 spiro atoms. The topological polar surface area (TPSA) is 47.9 Å². The van der Waals surface area contributed by atoms with Crippen molar-refractivity contribution in [3.8, 4) is 0 Å². The number of carbonyl (C=O) groups excluding carboxylic acids is 1. The zero-order chi connectivity index (χ0) is 13.4. The number of halogens is 1. The number of carbonyl (C=O) groups is 1. The second-order valence-corrected chi connectivity index (χ2v) is 3.97. The van der Waals surface area contributed by atoms with Gasteiger partial charge in [0.2, 0.25) is 0 Å². The van der Waals surface area contributed by atoms with Crippen LogP contribution in [0.15, 0.2) is 29.4 Å². The van der Waals surface area contributed by atoms with Gasteiger partial charge in [-0.25, -0.2) is 0 Å². The molecular weight excluding hydrogens is 254 g/mol. The second-order valence-electron chi connectivity index (χ2n) is 3.53. The van der Waals surface area contributed by atoms with Gasteiger partial charge >= 0.3 is 5.97 Å². The molecule has 0 fully saturated rings. The van der Waals surface area contributed by atoms with Crippen LogP contribution in [0.25, 0.3) is 0 Å². The SMILES string of the molecule is CCOC(=O)CC/C(=N\OC)c1ccc(Cl)cc1. The van der Waals surface area contributed by atoms with Gasteiger partial charge in [-0.05, 0) is 24.6 Å². The van der Waals surface area contributed by atoms with Gasteiger partial charge in [-0.3, -0.25) is 4.79 Å². The quantitative estimate of drug-likeness (QED) is 0.453. The van der Waals surface area contributed by atoms with Crippen LogP contribution in [-0.4, -0.2) is 25.4 Å². The Bertz CT molecular complexity index is 415. The largest absolute Gasteiger partial charge is 0.466 e. The number of nitrogens with zero attached hydrogens (tertiary/aromatic N) is 1. The number of esters is 1. The van der Waals surface area contributed by atoms with Crippen molar-refractivity contribution in [1.82, 2.24) is 0 Å². The van der Waals surface area contributed by atoms with Crippen molar-refractivity contribution in [3.05, 3.63) is 34.9 Å². The highest BCUT2D eigenvalue weighted by atomic mass is 35.5. The van der Waals surface area contributed by atoms with Gasteiger partial charge in [0.1, 0.15) is 7.11 Å². The number of ether oxygens (including phenoxy) is 1. The summed E-state index contributed by atoms with van der Waals surface area (Å²) in [6.45, 7) is 2.16. The fourth-order valence-electron chi connectivity index (χ4n) is 1.45. The van der Waals surface area contributed by atoms with Crippen molar-refractivity contribution in [1.29, 1.82) is 0 Å². The first-order valence-corrected chi connectivity index (χ1v) is 6.06. The molecule has 0 saturated heterocycles. The number of benzene rings is 1. The van der Waals surface area contributed by atoms with Gasteiger partial charge in [-0.2, -0.15) is 0 Å². The first kappa shape index (κ1) is 14.5. The van der Waals surface area contributed by atoms with E-state index in [4.69, 9.17) is 21.2 Å². The standard InChI is InChI=1S/C13H16ClNO3/c1-3-18-13(16)9-8-12(15-17-2)10-4-6-11(14)7-5-10/h4-7H,3,8-9H2,1-2H3/b15-12+. The molecule has 0 heterocycles. The lowest BCUT2D eigenvalue weighted by molar-refractivity contribution is -0.142. The lowest BCUT2D eigenvalue weighted by atomic mass is 10.1. The molecule has 0 N–H and O–H groups in total. The summed E-state index contributed by atoms with van der Waals surface area (Å²) < 4.78 is 4.87. The smallest absolute Gasteiger partial charge is 0.306 e. The highest BCUT2D eigenvalue weighted by Gasteiger charge is 2.09. The van der Waals surface area contributed by atoms with E-state index in [2.05, 4.69) is 5.16 Å². The van der Waals surface area contributed by atoms with Crippen molar-refractivity contribution in [2.45, 2.75) is 19.8 Å². The van der Waals surface area contributed by atoms with E-state index in [0.717, 1.165) is 5.56 Å². The Morgan fingerprint density at radius 3 is 2.50 bits per heavy atom. The molecule has 0 saturated carbocycles. The second kappa shape index (κ2) is 7.71. The van der Waals surface area contributed by atoms with E-state index in [-0.39, 0.29) is 12.4 Å². The molecule has 0 aliphatic rings. The van der Waals surface area contributed by atoms with E-state index in [1.54, 1.807) is 19.1 Å². The van der Waals surface area contributed by atoms with E-state index in [1.165, 1.54) is 7.11 Å². The summed E-state index contributed by atoms with van der Waals surface area (Å²) in [5.74, 6) is -0.240. The number of oxime groups is 1. The zero-order valence-corrected chi connectivity index (χ0v) is 11.2. The minimum Gasteiger partial charge on any atom is -0.466 e. The van der Waals surface area contributed by atoms with Crippen LogP contribution in [0.5, 0.6) is 0 Å². The molecule has 0 atom stereocenters. The van der Waals surface area contributed by atoms with Crippen molar-refractivity contribution in [3.63, 3.8) is 0 Å². The van der Waals surface area contributed by atoms with Crippen LogP contribution in [-0.2, 0) is 14.4 Å². The molecule has 0 bridgehead atoms. The zero-order valence-electron chi connectivity index (χ0n) is 10.5.